The van der Waals surface area contributed by atoms with Gasteiger partial charge in [-0.1, -0.05) is 6.08 Å². The molecular formula is C13H22N2O3. The number of carbonyl (C=O) groups excluding carboxylic acids is 1. The molecule has 0 aromatic heterocycles. The van der Waals surface area contributed by atoms with Crippen LogP contribution < -0.4 is 5.32 Å². The monoisotopic (exact) mass is 254 g/mol. The van der Waals surface area contributed by atoms with Crippen LogP contribution in [0.15, 0.2) is 12.7 Å². The first-order valence-electron chi connectivity index (χ1n) is 6.27. The minimum atomic E-state index is -0.845. The first-order valence-corrected chi connectivity index (χ1v) is 6.27. The van der Waals surface area contributed by atoms with Gasteiger partial charge in [0.25, 0.3) is 0 Å². The first-order chi connectivity index (χ1) is 8.35. The second kappa shape index (κ2) is 5.89. The van der Waals surface area contributed by atoms with Gasteiger partial charge in [-0.2, -0.15) is 0 Å². The quantitative estimate of drug-likeness (QED) is 0.683. The third kappa shape index (κ3) is 4.77. The zero-order valence-corrected chi connectivity index (χ0v) is 11.1. The molecule has 1 fully saturated rings. The van der Waals surface area contributed by atoms with Gasteiger partial charge in [0.15, 0.2) is 0 Å². The fourth-order valence-corrected chi connectivity index (χ4v) is 1.77. The fourth-order valence-electron chi connectivity index (χ4n) is 1.77. The maximum atomic E-state index is 12.1. The average molecular weight is 254 g/mol. The van der Waals surface area contributed by atoms with E-state index in [2.05, 4.69) is 11.9 Å². The molecule has 0 aromatic rings. The van der Waals surface area contributed by atoms with Gasteiger partial charge in [0.2, 0.25) is 0 Å². The Kier molecular flexibility index (Phi) is 4.76. The number of aliphatic carboxylic acids is 1. The number of hydrogen-bond acceptors (Lipinski definition) is 2. The van der Waals surface area contributed by atoms with E-state index in [1.54, 1.807) is 11.0 Å². The van der Waals surface area contributed by atoms with Crippen molar-refractivity contribution in [2.75, 3.05) is 6.54 Å². The lowest BCUT2D eigenvalue weighted by Gasteiger charge is -2.30. The molecule has 1 saturated carbocycles. The highest BCUT2D eigenvalue weighted by Crippen LogP contribution is 2.27. The van der Waals surface area contributed by atoms with Crippen molar-refractivity contribution in [3.63, 3.8) is 0 Å². The summed E-state index contributed by atoms with van der Waals surface area (Å²) in [7, 11) is 0. The number of amides is 2. The zero-order chi connectivity index (χ0) is 13.8. The Morgan fingerprint density at radius 2 is 2.11 bits per heavy atom. The van der Waals surface area contributed by atoms with Gasteiger partial charge in [0.05, 0.1) is 0 Å². The summed E-state index contributed by atoms with van der Waals surface area (Å²) >= 11 is 0. The van der Waals surface area contributed by atoms with Crippen LogP contribution in [0.1, 0.15) is 39.5 Å². The number of rotatable bonds is 7. The fraction of sp³-hybridized carbons (Fsp3) is 0.692. The summed E-state index contributed by atoms with van der Waals surface area (Å²) in [5.41, 5.74) is -0.510. The van der Waals surface area contributed by atoms with Crippen molar-refractivity contribution in [1.82, 2.24) is 10.2 Å². The second-order valence-corrected chi connectivity index (χ2v) is 5.38. The van der Waals surface area contributed by atoms with E-state index >= 15 is 0 Å². The molecule has 2 N–H and O–H groups in total. The van der Waals surface area contributed by atoms with Crippen molar-refractivity contribution in [3.8, 4) is 0 Å². The average Bonchev–Trinajstić information content (AvgIpc) is 3.06. The number of carboxylic acids is 1. The molecule has 1 aliphatic rings. The summed E-state index contributed by atoms with van der Waals surface area (Å²) in [5.74, 6) is -0.845. The molecule has 0 bridgehead atoms. The molecule has 0 heterocycles. The van der Waals surface area contributed by atoms with E-state index in [1.165, 1.54) is 0 Å². The molecule has 5 nitrogen and oxygen atoms in total. The Morgan fingerprint density at radius 3 is 2.56 bits per heavy atom. The number of nitrogens with one attached hydrogen (secondary N) is 1. The minimum absolute atomic E-state index is 0.0537. The normalized spacial score (nSPS) is 15.0. The van der Waals surface area contributed by atoms with Crippen LogP contribution in [0.2, 0.25) is 0 Å². The van der Waals surface area contributed by atoms with Crippen molar-refractivity contribution < 1.29 is 14.7 Å². The number of urea groups is 1. The maximum absolute atomic E-state index is 12.1. The molecule has 0 radical (unpaired) electrons. The standard InChI is InChI=1S/C13H22N2O3/c1-4-9-15(10-5-6-10)12(18)14-13(2,3)8-7-11(16)17/h4,10H,1,5-9H2,2-3H3,(H,14,18)(H,16,17). The topological polar surface area (TPSA) is 69.6 Å². The molecular weight excluding hydrogens is 232 g/mol. The van der Waals surface area contributed by atoms with Crippen LogP contribution in [-0.4, -0.2) is 40.1 Å². The number of carboxylic acid groups (broad SMARTS) is 1. The van der Waals surface area contributed by atoms with Crippen molar-refractivity contribution in [2.24, 2.45) is 0 Å². The molecule has 5 heteroatoms. The van der Waals surface area contributed by atoms with Gasteiger partial charge in [-0.3, -0.25) is 4.79 Å². The smallest absolute Gasteiger partial charge is 0.318 e. The predicted molar refractivity (Wildman–Crippen MR) is 69.4 cm³/mol. The Hall–Kier alpha value is -1.52. The summed E-state index contributed by atoms with van der Waals surface area (Å²) in [5, 5.41) is 11.6. The molecule has 0 aromatic carbocycles. The van der Waals surface area contributed by atoms with E-state index in [9.17, 15) is 9.59 Å². The molecule has 2 amide bonds. The van der Waals surface area contributed by atoms with Crippen LogP contribution >= 0.6 is 0 Å². The SMILES string of the molecule is C=CCN(C(=O)NC(C)(C)CCC(=O)O)C1CC1. The van der Waals surface area contributed by atoms with Crippen LogP contribution in [0.25, 0.3) is 0 Å². The highest BCUT2D eigenvalue weighted by molar-refractivity contribution is 5.76. The van der Waals surface area contributed by atoms with Crippen LogP contribution in [0, 0.1) is 0 Å². The molecule has 0 atom stereocenters. The highest BCUT2D eigenvalue weighted by atomic mass is 16.4. The Balaban J connectivity index is 2.49. The number of carbonyl (C=O) groups is 2. The van der Waals surface area contributed by atoms with Gasteiger partial charge in [0, 0.05) is 24.5 Å². The molecule has 1 rings (SSSR count). The molecule has 102 valence electrons. The largest absolute Gasteiger partial charge is 0.481 e. The third-order valence-electron chi connectivity index (χ3n) is 2.98. The van der Waals surface area contributed by atoms with Crippen LogP contribution in [0.5, 0.6) is 0 Å². The lowest BCUT2D eigenvalue weighted by molar-refractivity contribution is -0.137. The molecule has 0 unspecified atom stereocenters. The number of hydrogen-bond donors (Lipinski definition) is 2. The van der Waals surface area contributed by atoms with E-state index in [0.717, 1.165) is 12.8 Å². The highest BCUT2D eigenvalue weighted by Gasteiger charge is 2.33. The van der Waals surface area contributed by atoms with Crippen LogP contribution in [0.4, 0.5) is 4.79 Å². The van der Waals surface area contributed by atoms with Crippen LogP contribution in [-0.2, 0) is 4.79 Å². The van der Waals surface area contributed by atoms with Crippen LogP contribution in [0.3, 0.4) is 0 Å². The maximum Gasteiger partial charge on any atom is 0.318 e. The summed E-state index contributed by atoms with van der Waals surface area (Å²) < 4.78 is 0. The molecule has 1 aliphatic carbocycles. The van der Waals surface area contributed by atoms with E-state index in [0.29, 0.717) is 19.0 Å². The third-order valence-corrected chi connectivity index (χ3v) is 2.98. The Morgan fingerprint density at radius 1 is 1.50 bits per heavy atom. The molecule has 0 saturated heterocycles. The molecule has 18 heavy (non-hydrogen) atoms. The first kappa shape index (κ1) is 14.5. The lowest BCUT2D eigenvalue weighted by atomic mass is 9.99. The summed E-state index contributed by atoms with van der Waals surface area (Å²) in [4.78, 5) is 24.4. The Bertz CT molecular complexity index is 335. The zero-order valence-electron chi connectivity index (χ0n) is 11.1. The van der Waals surface area contributed by atoms with E-state index < -0.39 is 11.5 Å². The van der Waals surface area contributed by atoms with Crippen molar-refractivity contribution in [1.29, 1.82) is 0 Å². The Labute approximate surface area is 108 Å². The predicted octanol–water partition coefficient (Wildman–Crippen LogP) is 1.99. The van der Waals surface area contributed by atoms with Crippen molar-refractivity contribution in [3.05, 3.63) is 12.7 Å². The van der Waals surface area contributed by atoms with Gasteiger partial charge in [-0.05, 0) is 33.1 Å². The van der Waals surface area contributed by atoms with E-state index in [-0.39, 0.29) is 12.5 Å². The molecule has 0 spiro atoms. The summed E-state index contributed by atoms with van der Waals surface area (Å²) in [6.45, 7) is 7.86. The second-order valence-electron chi connectivity index (χ2n) is 5.38. The summed E-state index contributed by atoms with van der Waals surface area (Å²) in [6, 6.07) is 0.186. The molecule has 0 aliphatic heterocycles. The van der Waals surface area contributed by atoms with Gasteiger partial charge in [-0.15, -0.1) is 6.58 Å². The van der Waals surface area contributed by atoms with Gasteiger partial charge in [0.1, 0.15) is 0 Å². The number of nitrogens with zero attached hydrogens (tertiary/aromatic N) is 1. The van der Waals surface area contributed by atoms with Crippen molar-refractivity contribution >= 4 is 12.0 Å². The van der Waals surface area contributed by atoms with Gasteiger partial charge < -0.3 is 15.3 Å². The van der Waals surface area contributed by atoms with E-state index in [1.807, 2.05) is 13.8 Å². The van der Waals surface area contributed by atoms with Gasteiger partial charge >= 0.3 is 12.0 Å². The summed E-state index contributed by atoms with van der Waals surface area (Å²) in [6.07, 6.45) is 4.26. The van der Waals surface area contributed by atoms with Crippen molar-refractivity contribution in [2.45, 2.75) is 51.1 Å². The lowest BCUT2D eigenvalue weighted by Crippen LogP contribution is -2.51. The van der Waals surface area contributed by atoms with E-state index in [4.69, 9.17) is 5.11 Å². The minimum Gasteiger partial charge on any atom is -0.481 e. The van der Waals surface area contributed by atoms with Gasteiger partial charge in [-0.25, -0.2) is 4.79 Å².